The van der Waals surface area contributed by atoms with Crippen molar-refractivity contribution in [3.8, 4) is 11.8 Å². The number of aliphatic hydroxyl groups excluding tert-OH is 1. The Morgan fingerprint density at radius 1 is 1.24 bits per heavy atom. The molecule has 108 valence electrons. The maximum absolute atomic E-state index is 8.82. The van der Waals surface area contributed by atoms with Crippen molar-refractivity contribution in [3.05, 3.63) is 47.5 Å². The van der Waals surface area contributed by atoms with Crippen LogP contribution in [0.25, 0.3) is 0 Å². The second kappa shape index (κ2) is 6.53. The van der Waals surface area contributed by atoms with Crippen LogP contribution in [0.4, 0.5) is 0 Å². The zero-order valence-corrected chi connectivity index (χ0v) is 11.9. The lowest BCUT2D eigenvalue weighted by molar-refractivity contribution is 0.208. The highest BCUT2D eigenvalue weighted by atomic mass is 16.2. The molecule has 0 unspecified atom stereocenters. The van der Waals surface area contributed by atoms with Crippen molar-refractivity contribution in [3.63, 3.8) is 0 Å². The SMILES string of the molecule is OCCC#Cc1ccccc1CN1CCn2cnnc2C1. The topological polar surface area (TPSA) is 54.2 Å². The van der Waals surface area contributed by atoms with Crippen molar-refractivity contribution in [1.29, 1.82) is 0 Å². The minimum atomic E-state index is 0.108. The molecule has 2 aromatic rings. The third-order valence-electron chi connectivity index (χ3n) is 3.59. The minimum Gasteiger partial charge on any atom is -0.395 e. The lowest BCUT2D eigenvalue weighted by Crippen LogP contribution is -2.33. The number of benzene rings is 1. The molecule has 0 radical (unpaired) electrons. The van der Waals surface area contributed by atoms with Gasteiger partial charge in [0, 0.05) is 31.6 Å². The van der Waals surface area contributed by atoms with Crippen molar-refractivity contribution in [1.82, 2.24) is 19.7 Å². The van der Waals surface area contributed by atoms with Gasteiger partial charge in [-0.15, -0.1) is 10.2 Å². The first-order valence-electron chi connectivity index (χ1n) is 7.13. The highest BCUT2D eigenvalue weighted by Gasteiger charge is 2.17. The van der Waals surface area contributed by atoms with E-state index in [1.54, 1.807) is 6.33 Å². The van der Waals surface area contributed by atoms with Gasteiger partial charge in [0.2, 0.25) is 0 Å². The molecule has 2 heterocycles. The van der Waals surface area contributed by atoms with Crippen LogP contribution in [0.5, 0.6) is 0 Å². The molecule has 0 saturated heterocycles. The summed E-state index contributed by atoms with van der Waals surface area (Å²) in [6.45, 7) is 3.70. The summed E-state index contributed by atoms with van der Waals surface area (Å²) in [5.74, 6) is 7.16. The van der Waals surface area contributed by atoms with Crippen molar-refractivity contribution in [2.45, 2.75) is 26.1 Å². The summed E-state index contributed by atoms with van der Waals surface area (Å²) in [6, 6.07) is 8.19. The highest BCUT2D eigenvalue weighted by Crippen LogP contribution is 2.15. The van der Waals surface area contributed by atoms with E-state index in [-0.39, 0.29) is 6.61 Å². The fourth-order valence-electron chi connectivity index (χ4n) is 2.49. The van der Waals surface area contributed by atoms with E-state index in [4.69, 9.17) is 5.11 Å². The molecule has 0 aliphatic carbocycles. The summed E-state index contributed by atoms with van der Waals surface area (Å²) in [5.41, 5.74) is 2.26. The summed E-state index contributed by atoms with van der Waals surface area (Å²) in [4.78, 5) is 2.36. The van der Waals surface area contributed by atoms with Crippen LogP contribution in [0, 0.1) is 11.8 Å². The first-order chi connectivity index (χ1) is 10.4. The van der Waals surface area contributed by atoms with Gasteiger partial charge in [-0.3, -0.25) is 4.90 Å². The molecule has 1 aromatic heterocycles. The summed E-state index contributed by atoms with van der Waals surface area (Å²) < 4.78 is 2.10. The zero-order valence-electron chi connectivity index (χ0n) is 11.9. The van der Waals surface area contributed by atoms with Gasteiger partial charge < -0.3 is 9.67 Å². The Balaban J connectivity index is 1.73. The normalized spacial score (nSPS) is 14.3. The average molecular weight is 282 g/mol. The predicted molar refractivity (Wildman–Crippen MR) is 79.2 cm³/mol. The van der Waals surface area contributed by atoms with Gasteiger partial charge in [-0.1, -0.05) is 30.0 Å². The van der Waals surface area contributed by atoms with Crippen LogP contribution < -0.4 is 0 Å². The van der Waals surface area contributed by atoms with E-state index in [9.17, 15) is 0 Å². The Kier molecular flexibility index (Phi) is 4.29. The van der Waals surface area contributed by atoms with Crippen LogP contribution in [-0.4, -0.2) is 37.9 Å². The molecule has 0 amide bonds. The van der Waals surface area contributed by atoms with Gasteiger partial charge in [0.25, 0.3) is 0 Å². The minimum absolute atomic E-state index is 0.108. The lowest BCUT2D eigenvalue weighted by atomic mass is 10.1. The monoisotopic (exact) mass is 282 g/mol. The van der Waals surface area contributed by atoms with Gasteiger partial charge in [0.1, 0.15) is 12.2 Å². The zero-order chi connectivity index (χ0) is 14.5. The van der Waals surface area contributed by atoms with Crippen molar-refractivity contribution >= 4 is 0 Å². The van der Waals surface area contributed by atoms with E-state index in [0.717, 1.165) is 37.6 Å². The number of aliphatic hydroxyl groups is 1. The molecule has 1 aromatic carbocycles. The van der Waals surface area contributed by atoms with E-state index in [1.807, 2.05) is 18.2 Å². The second-order valence-electron chi connectivity index (χ2n) is 5.08. The molecular weight excluding hydrogens is 264 g/mol. The van der Waals surface area contributed by atoms with Gasteiger partial charge >= 0.3 is 0 Å². The fourth-order valence-corrected chi connectivity index (χ4v) is 2.49. The molecule has 21 heavy (non-hydrogen) atoms. The second-order valence-corrected chi connectivity index (χ2v) is 5.08. The average Bonchev–Trinajstić information content (AvgIpc) is 2.97. The van der Waals surface area contributed by atoms with Crippen molar-refractivity contribution < 1.29 is 5.11 Å². The van der Waals surface area contributed by atoms with Crippen molar-refractivity contribution in [2.75, 3.05) is 13.2 Å². The van der Waals surface area contributed by atoms with Gasteiger partial charge in [0.05, 0.1) is 13.2 Å². The maximum Gasteiger partial charge on any atom is 0.147 e. The number of nitrogens with zero attached hydrogens (tertiary/aromatic N) is 4. The Morgan fingerprint density at radius 3 is 3.05 bits per heavy atom. The summed E-state index contributed by atoms with van der Waals surface area (Å²) in [5, 5.41) is 16.9. The largest absolute Gasteiger partial charge is 0.395 e. The van der Waals surface area contributed by atoms with E-state index >= 15 is 0 Å². The van der Waals surface area contributed by atoms with Gasteiger partial charge in [0.15, 0.2) is 0 Å². The number of hydrogen-bond donors (Lipinski definition) is 1. The first-order valence-corrected chi connectivity index (χ1v) is 7.13. The molecule has 0 fully saturated rings. The van der Waals surface area contributed by atoms with Crippen molar-refractivity contribution in [2.24, 2.45) is 0 Å². The molecule has 1 aliphatic heterocycles. The Hall–Kier alpha value is -2.16. The third-order valence-corrected chi connectivity index (χ3v) is 3.59. The molecular formula is C16H18N4O. The molecule has 0 spiro atoms. The molecule has 0 bridgehead atoms. The number of hydrogen-bond acceptors (Lipinski definition) is 4. The molecule has 5 nitrogen and oxygen atoms in total. The molecule has 1 N–H and O–H groups in total. The van der Waals surface area contributed by atoms with Crippen LogP contribution in [0.15, 0.2) is 30.6 Å². The Bertz CT molecular complexity index is 668. The van der Waals surface area contributed by atoms with Crippen LogP contribution in [0.2, 0.25) is 0 Å². The summed E-state index contributed by atoms with van der Waals surface area (Å²) >= 11 is 0. The van der Waals surface area contributed by atoms with Gasteiger partial charge in [-0.05, 0) is 11.6 Å². The molecule has 0 saturated carbocycles. The van der Waals surface area contributed by atoms with Gasteiger partial charge in [-0.25, -0.2) is 0 Å². The molecule has 5 heteroatoms. The summed E-state index contributed by atoms with van der Waals surface area (Å²) in [6.07, 6.45) is 2.31. The first kappa shape index (κ1) is 13.8. The lowest BCUT2D eigenvalue weighted by Gasteiger charge is -2.27. The number of aromatic nitrogens is 3. The van der Waals surface area contributed by atoms with Crippen LogP contribution >= 0.6 is 0 Å². The Morgan fingerprint density at radius 2 is 2.14 bits per heavy atom. The van der Waals surface area contributed by atoms with Crippen LogP contribution in [0.1, 0.15) is 23.4 Å². The molecule has 3 rings (SSSR count). The fraction of sp³-hybridized carbons (Fsp3) is 0.375. The highest BCUT2D eigenvalue weighted by molar-refractivity contribution is 5.41. The smallest absolute Gasteiger partial charge is 0.147 e. The van der Waals surface area contributed by atoms with E-state index in [0.29, 0.717) is 6.42 Å². The third kappa shape index (κ3) is 3.30. The maximum atomic E-state index is 8.82. The summed E-state index contributed by atoms with van der Waals surface area (Å²) in [7, 11) is 0. The number of rotatable bonds is 3. The van der Waals surface area contributed by atoms with E-state index in [1.165, 1.54) is 5.56 Å². The number of fused-ring (bicyclic) bond motifs is 1. The predicted octanol–water partition coefficient (Wildman–Crippen LogP) is 1.03. The standard InChI is InChI=1S/C16H18N4O/c21-10-4-3-6-14-5-1-2-7-15(14)11-19-8-9-20-13-17-18-16(20)12-19/h1-2,5,7,13,21H,4,8-12H2. The van der Waals surface area contributed by atoms with Crippen LogP contribution in [-0.2, 0) is 19.6 Å². The van der Waals surface area contributed by atoms with E-state index in [2.05, 4.69) is 37.6 Å². The van der Waals surface area contributed by atoms with Gasteiger partial charge in [-0.2, -0.15) is 0 Å². The quantitative estimate of drug-likeness (QED) is 0.854. The molecule has 1 aliphatic rings. The van der Waals surface area contributed by atoms with E-state index < -0.39 is 0 Å². The Labute approximate surface area is 124 Å². The molecule has 0 atom stereocenters. The van der Waals surface area contributed by atoms with Crippen LogP contribution in [0.3, 0.4) is 0 Å².